The van der Waals surface area contributed by atoms with E-state index in [9.17, 15) is 13.2 Å². The highest BCUT2D eigenvalue weighted by Gasteiger charge is 2.30. The van der Waals surface area contributed by atoms with E-state index in [0.717, 1.165) is 12.1 Å². The normalized spacial score (nSPS) is 11.2. The fourth-order valence-corrected chi connectivity index (χ4v) is 1.93. The molecule has 0 aliphatic rings. The lowest BCUT2D eigenvalue weighted by atomic mass is 10.1. The van der Waals surface area contributed by atoms with Gasteiger partial charge in [-0.15, -0.1) is 0 Å². The van der Waals surface area contributed by atoms with Gasteiger partial charge in [-0.05, 0) is 36.8 Å². The van der Waals surface area contributed by atoms with Crippen LogP contribution in [0.25, 0.3) is 0 Å². The number of aromatic nitrogens is 1. The van der Waals surface area contributed by atoms with E-state index in [-0.39, 0.29) is 4.99 Å². The van der Waals surface area contributed by atoms with Crippen molar-refractivity contribution in [2.24, 2.45) is 5.73 Å². The lowest BCUT2D eigenvalue weighted by Gasteiger charge is -2.14. The Hall–Kier alpha value is -2.15. The number of hydrogen-bond acceptors (Lipinski definition) is 3. The zero-order valence-corrected chi connectivity index (χ0v) is 11.8. The van der Waals surface area contributed by atoms with E-state index in [1.165, 1.54) is 12.3 Å². The minimum Gasteiger partial charge on any atom is -0.389 e. The fraction of sp³-hybridized carbons (Fsp3) is 0.143. The van der Waals surface area contributed by atoms with Crippen LogP contribution in [-0.2, 0) is 6.18 Å². The second kappa shape index (κ2) is 5.69. The molecule has 0 spiro atoms. The Labute approximate surface area is 125 Å². The predicted molar refractivity (Wildman–Crippen MR) is 79.6 cm³/mol. The average molecular weight is 311 g/mol. The summed E-state index contributed by atoms with van der Waals surface area (Å²) >= 11 is 4.90. The number of nitrogens with zero attached hydrogens (tertiary/aromatic N) is 1. The van der Waals surface area contributed by atoms with Gasteiger partial charge < -0.3 is 11.1 Å². The quantitative estimate of drug-likeness (QED) is 0.847. The number of nitrogens with two attached hydrogens (primary N) is 1. The van der Waals surface area contributed by atoms with Gasteiger partial charge in [-0.2, -0.15) is 13.2 Å². The summed E-state index contributed by atoms with van der Waals surface area (Å²) in [6.07, 6.45) is -2.90. The number of anilines is 2. The van der Waals surface area contributed by atoms with Crippen LogP contribution in [-0.4, -0.2) is 9.97 Å². The molecule has 0 fully saturated rings. The van der Waals surface area contributed by atoms with Gasteiger partial charge in [0.1, 0.15) is 10.8 Å². The molecule has 1 aromatic heterocycles. The summed E-state index contributed by atoms with van der Waals surface area (Å²) in [7, 11) is 0. The van der Waals surface area contributed by atoms with Gasteiger partial charge in [0.05, 0.1) is 11.1 Å². The minimum absolute atomic E-state index is 0.121. The highest BCUT2D eigenvalue weighted by Crippen LogP contribution is 2.33. The summed E-state index contributed by atoms with van der Waals surface area (Å²) in [6, 6.07) is 6.77. The summed E-state index contributed by atoms with van der Waals surface area (Å²) in [5.41, 5.74) is 6.28. The van der Waals surface area contributed by atoms with E-state index in [4.69, 9.17) is 18.0 Å². The van der Waals surface area contributed by atoms with E-state index in [2.05, 4.69) is 10.3 Å². The highest BCUT2D eigenvalue weighted by molar-refractivity contribution is 7.80. The molecule has 3 N–H and O–H groups in total. The number of hydrogen-bond donors (Lipinski definition) is 2. The number of alkyl halides is 3. The minimum atomic E-state index is -4.40. The van der Waals surface area contributed by atoms with Crippen molar-refractivity contribution < 1.29 is 13.2 Å². The van der Waals surface area contributed by atoms with Gasteiger partial charge in [0.15, 0.2) is 0 Å². The molecule has 0 saturated carbocycles. The zero-order valence-electron chi connectivity index (χ0n) is 11.0. The molecule has 0 amide bonds. The molecule has 0 aliphatic heterocycles. The van der Waals surface area contributed by atoms with Crippen molar-refractivity contribution in [2.45, 2.75) is 13.1 Å². The van der Waals surface area contributed by atoms with Crippen molar-refractivity contribution in [3.8, 4) is 0 Å². The fourth-order valence-electron chi connectivity index (χ4n) is 1.76. The second-order valence-corrected chi connectivity index (χ2v) is 4.86. The monoisotopic (exact) mass is 311 g/mol. The molecule has 0 saturated heterocycles. The lowest BCUT2D eigenvalue weighted by Crippen LogP contribution is -2.13. The molecule has 1 heterocycles. The first-order valence-electron chi connectivity index (χ1n) is 5.98. The number of pyridine rings is 1. The molecule has 0 atom stereocenters. The van der Waals surface area contributed by atoms with Crippen molar-refractivity contribution in [1.82, 2.24) is 4.98 Å². The van der Waals surface area contributed by atoms with Gasteiger partial charge in [-0.1, -0.05) is 18.3 Å². The van der Waals surface area contributed by atoms with Crippen LogP contribution < -0.4 is 11.1 Å². The van der Waals surface area contributed by atoms with Crippen LogP contribution in [0.3, 0.4) is 0 Å². The maximum atomic E-state index is 12.8. The van der Waals surface area contributed by atoms with Crippen LogP contribution in [0.4, 0.5) is 24.7 Å². The van der Waals surface area contributed by atoms with Crippen molar-refractivity contribution in [2.75, 3.05) is 5.32 Å². The second-order valence-electron chi connectivity index (χ2n) is 4.42. The van der Waals surface area contributed by atoms with E-state index in [1.807, 2.05) is 0 Å². The Kier molecular flexibility index (Phi) is 4.13. The summed E-state index contributed by atoms with van der Waals surface area (Å²) in [4.78, 5) is 4.19. The molecule has 1 aromatic carbocycles. The van der Waals surface area contributed by atoms with Crippen LogP contribution in [0.15, 0.2) is 36.5 Å². The van der Waals surface area contributed by atoms with E-state index >= 15 is 0 Å². The number of nitrogens with one attached hydrogen (secondary N) is 1. The zero-order chi connectivity index (χ0) is 15.6. The number of aryl methyl sites for hydroxylation is 1. The van der Waals surface area contributed by atoms with Gasteiger partial charge in [0.25, 0.3) is 0 Å². The summed E-state index contributed by atoms with van der Waals surface area (Å²) in [6.45, 7) is 1.70. The molecule has 2 aromatic rings. The third-order valence-corrected chi connectivity index (χ3v) is 3.11. The average Bonchev–Trinajstić information content (AvgIpc) is 2.40. The molecule has 0 bridgehead atoms. The van der Waals surface area contributed by atoms with Crippen LogP contribution in [0.5, 0.6) is 0 Å². The third kappa shape index (κ3) is 3.49. The van der Waals surface area contributed by atoms with Crippen LogP contribution in [0.2, 0.25) is 0 Å². The molecule has 2 rings (SSSR count). The number of halogens is 3. The molecular weight excluding hydrogens is 299 g/mol. The van der Waals surface area contributed by atoms with Crippen molar-refractivity contribution in [1.29, 1.82) is 0 Å². The molecule has 0 aliphatic carbocycles. The standard InChI is InChI=1S/C14H12F3N3S/c1-8-4-5-9(14(15,16)17)7-11(8)20-13-10(12(18)21)3-2-6-19-13/h2-7H,1H3,(H2,18,21)(H,19,20). The number of benzene rings is 1. The smallest absolute Gasteiger partial charge is 0.389 e. The van der Waals surface area contributed by atoms with Crippen LogP contribution >= 0.6 is 12.2 Å². The van der Waals surface area contributed by atoms with E-state index in [1.54, 1.807) is 19.1 Å². The Morgan fingerprint density at radius 3 is 2.62 bits per heavy atom. The molecule has 21 heavy (non-hydrogen) atoms. The SMILES string of the molecule is Cc1ccc(C(F)(F)F)cc1Nc1ncccc1C(N)=S. The third-order valence-electron chi connectivity index (χ3n) is 2.89. The van der Waals surface area contributed by atoms with Crippen molar-refractivity contribution >= 4 is 28.7 Å². The summed E-state index contributed by atoms with van der Waals surface area (Å²) < 4.78 is 38.3. The Balaban J connectivity index is 2.43. The van der Waals surface area contributed by atoms with E-state index < -0.39 is 11.7 Å². The number of rotatable bonds is 3. The summed E-state index contributed by atoms with van der Waals surface area (Å²) in [5.74, 6) is 0.326. The Bertz CT molecular complexity index is 683. The van der Waals surface area contributed by atoms with Gasteiger partial charge in [0, 0.05) is 11.9 Å². The predicted octanol–water partition coefficient (Wildman–Crippen LogP) is 3.79. The first-order valence-corrected chi connectivity index (χ1v) is 6.39. The maximum absolute atomic E-state index is 12.8. The number of thiocarbonyl (C=S) groups is 1. The molecular formula is C14H12F3N3S. The highest BCUT2D eigenvalue weighted by atomic mass is 32.1. The van der Waals surface area contributed by atoms with Gasteiger partial charge >= 0.3 is 6.18 Å². The maximum Gasteiger partial charge on any atom is 0.416 e. The lowest BCUT2D eigenvalue weighted by molar-refractivity contribution is -0.137. The van der Waals surface area contributed by atoms with Crippen molar-refractivity contribution in [3.05, 3.63) is 53.2 Å². The molecule has 7 heteroatoms. The van der Waals surface area contributed by atoms with Crippen LogP contribution in [0, 0.1) is 6.92 Å². The van der Waals surface area contributed by atoms with Gasteiger partial charge in [-0.3, -0.25) is 0 Å². The summed E-state index contributed by atoms with van der Waals surface area (Å²) in [5, 5.41) is 2.86. The first kappa shape index (κ1) is 15.2. The molecule has 110 valence electrons. The molecule has 3 nitrogen and oxygen atoms in total. The Morgan fingerprint density at radius 1 is 1.29 bits per heavy atom. The largest absolute Gasteiger partial charge is 0.416 e. The van der Waals surface area contributed by atoms with E-state index in [0.29, 0.717) is 22.6 Å². The molecule has 0 unspecified atom stereocenters. The van der Waals surface area contributed by atoms with Gasteiger partial charge in [0.2, 0.25) is 0 Å². The van der Waals surface area contributed by atoms with Gasteiger partial charge in [-0.25, -0.2) is 4.98 Å². The van der Waals surface area contributed by atoms with Crippen LogP contribution in [0.1, 0.15) is 16.7 Å². The topological polar surface area (TPSA) is 50.9 Å². The molecule has 0 radical (unpaired) electrons. The van der Waals surface area contributed by atoms with Crippen molar-refractivity contribution in [3.63, 3.8) is 0 Å². The first-order chi connectivity index (χ1) is 9.79. The Morgan fingerprint density at radius 2 is 2.00 bits per heavy atom.